The third kappa shape index (κ3) is 6.17. The second-order valence-electron chi connectivity index (χ2n) is 6.49. The van der Waals surface area contributed by atoms with Crippen LogP contribution >= 0.6 is 11.6 Å². The van der Waals surface area contributed by atoms with Crippen molar-refractivity contribution in [2.75, 3.05) is 25.0 Å². The molecule has 0 radical (unpaired) electrons. The van der Waals surface area contributed by atoms with Crippen LogP contribution in [0.5, 0.6) is 0 Å². The Balaban J connectivity index is 1.91. The van der Waals surface area contributed by atoms with Crippen LogP contribution in [0.2, 0.25) is 5.02 Å². The molecule has 1 fully saturated rings. The van der Waals surface area contributed by atoms with Gasteiger partial charge in [-0.3, -0.25) is 14.5 Å². The van der Waals surface area contributed by atoms with E-state index in [1.807, 2.05) is 4.90 Å². The van der Waals surface area contributed by atoms with Gasteiger partial charge in [-0.1, -0.05) is 11.6 Å². The minimum atomic E-state index is -4.58. The molecule has 0 aliphatic carbocycles. The fourth-order valence-corrected chi connectivity index (χ4v) is 3.33. The molecule has 3 N–H and O–H groups in total. The normalized spacial score (nSPS) is 18.5. The van der Waals surface area contributed by atoms with Crippen molar-refractivity contribution in [1.82, 2.24) is 4.90 Å². The maximum atomic E-state index is 12.9. The molecule has 2 amide bonds. The molecule has 26 heavy (non-hydrogen) atoms. The molecule has 0 bridgehead atoms. The van der Waals surface area contributed by atoms with E-state index in [2.05, 4.69) is 5.32 Å². The van der Waals surface area contributed by atoms with Gasteiger partial charge in [0.2, 0.25) is 11.8 Å². The number of primary amides is 1. The van der Waals surface area contributed by atoms with Crippen LogP contribution < -0.4 is 11.1 Å². The van der Waals surface area contributed by atoms with Gasteiger partial charge < -0.3 is 11.1 Å². The van der Waals surface area contributed by atoms with Gasteiger partial charge in [-0.2, -0.15) is 13.2 Å². The predicted molar refractivity (Wildman–Crippen MR) is 92.7 cm³/mol. The summed E-state index contributed by atoms with van der Waals surface area (Å²) in [6.45, 7) is 1.47. The van der Waals surface area contributed by atoms with Crippen molar-refractivity contribution < 1.29 is 22.8 Å². The number of alkyl halides is 3. The molecule has 2 rings (SSSR count). The number of benzene rings is 1. The Hall–Kier alpha value is -1.80. The summed E-state index contributed by atoms with van der Waals surface area (Å²) in [5.74, 6) is -0.449. The third-order valence-electron chi connectivity index (χ3n) is 4.32. The van der Waals surface area contributed by atoms with Crippen LogP contribution in [0.25, 0.3) is 0 Å². The first-order valence-corrected chi connectivity index (χ1v) is 8.70. The van der Waals surface area contributed by atoms with E-state index in [4.69, 9.17) is 17.3 Å². The Kier molecular flexibility index (Phi) is 6.88. The van der Waals surface area contributed by atoms with Crippen molar-refractivity contribution >= 4 is 29.1 Å². The van der Waals surface area contributed by atoms with E-state index in [1.165, 1.54) is 6.07 Å². The van der Waals surface area contributed by atoms with Gasteiger partial charge in [-0.15, -0.1) is 0 Å². The number of likely N-dealkylation sites (tertiary alicyclic amines) is 1. The van der Waals surface area contributed by atoms with Crippen molar-refractivity contribution in [2.45, 2.75) is 31.9 Å². The van der Waals surface area contributed by atoms with E-state index < -0.39 is 22.7 Å². The number of anilines is 1. The summed E-state index contributed by atoms with van der Waals surface area (Å²) < 4.78 is 38.6. The van der Waals surface area contributed by atoms with Gasteiger partial charge in [0.25, 0.3) is 0 Å². The maximum Gasteiger partial charge on any atom is 0.417 e. The molecule has 5 nitrogen and oxygen atoms in total. The highest BCUT2D eigenvalue weighted by atomic mass is 35.5. The van der Waals surface area contributed by atoms with Crippen molar-refractivity contribution in [3.8, 4) is 0 Å². The smallest absolute Gasteiger partial charge is 0.370 e. The Labute approximate surface area is 154 Å². The Morgan fingerprint density at radius 2 is 2.08 bits per heavy atom. The average molecular weight is 392 g/mol. The molecular formula is C17H21ClF3N3O2. The Bertz CT molecular complexity index is 667. The SMILES string of the molecule is NC(=O)CCC1CCCN(CC(=O)Nc2ccc(Cl)c(C(F)(F)F)c2)C1. The van der Waals surface area contributed by atoms with E-state index in [-0.39, 0.29) is 24.1 Å². The van der Waals surface area contributed by atoms with Crippen molar-refractivity contribution in [3.05, 3.63) is 28.8 Å². The minimum Gasteiger partial charge on any atom is -0.370 e. The summed E-state index contributed by atoms with van der Waals surface area (Å²) >= 11 is 5.57. The molecule has 1 aliphatic rings. The van der Waals surface area contributed by atoms with E-state index in [0.717, 1.165) is 31.5 Å². The summed E-state index contributed by atoms with van der Waals surface area (Å²) in [6.07, 6.45) is -1.72. The highest BCUT2D eigenvalue weighted by Crippen LogP contribution is 2.36. The van der Waals surface area contributed by atoms with Crippen LogP contribution in [-0.4, -0.2) is 36.3 Å². The van der Waals surface area contributed by atoms with E-state index in [9.17, 15) is 22.8 Å². The zero-order valence-corrected chi connectivity index (χ0v) is 14.9. The second kappa shape index (κ2) is 8.73. The van der Waals surface area contributed by atoms with Crippen LogP contribution in [0.4, 0.5) is 18.9 Å². The van der Waals surface area contributed by atoms with E-state index in [0.29, 0.717) is 19.4 Å². The number of carbonyl (C=O) groups excluding carboxylic acids is 2. The van der Waals surface area contributed by atoms with Crippen molar-refractivity contribution in [1.29, 1.82) is 0 Å². The van der Waals surface area contributed by atoms with Gasteiger partial charge >= 0.3 is 6.18 Å². The molecule has 1 heterocycles. The number of rotatable bonds is 6. The van der Waals surface area contributed by atoms with Crippen LogP contribution in [0.15, 0.2) is 18.2 Å². The van der Waals surface area contributed by atoms with Gasteiger partial charge in [0.05, 0.1) is 17.1 Å². The maximum absolute atomic E-state index is 12.9. The first-order chi connectivity index (χ1) is 12.1. The van der Waals surface area contributed by atoms with Gasteiger partial charge in [-0.25, -0.2) is 0 Å². The lowest BCUT2D eigenvalue weighted by molar-refractivity contribution is -0.137. The number of halogens is 4. The van der Waals surface area contributed by atoms with Gasteiger partial charge in [-0.05, 0) is 49.9 Å². The Morgan fingerprint density at radius 3 is 2.73 bits per heavy atom. The minimum absolute atomic E-state index is 0.0500. The van der Waals surface area contributed by atoms with Gasteiger partial charge in [0, 0.05) is 18.7 Å². The van der Waals surface area contributed by atoms with Gasteiger partial charge in [0.15, 0.2) is 0 Å². The number of nitrogens with zero attached hydrogens (tertiary/aromatic N) is 1. The third-order valence-corrected chi connectivity index (χ3v) is 4.65. The fraction of sp³-hybridized carbons (Fsp3) is 0.529. The zero-order chi connectivity index (χ0) is 19.3. The second-order valence-corrected chi connectivity index (χ2v) is 6.90. The zero-order valence-electron chi connectivity index (χ0n) is 14.1. The monoisotopic (exact) mass is 391 g/mol. The summed E-state index contributed by atoms with van der Waals surface area (Å²) in [5, 5.41) is 2.07. The molecule has 1 aromatic carbocycles. The quantitative estimate of drug-likeness (QED) is 0.781. The molecule has 1 aliphatic heterocycles. The molecule has 0 saturated carbocycles. The molecule has 0 aromatic heterocycles. The summed E-state index contributed by atoms with van der Waals surface area (Å²) in [4.78, 5) is 25.0. The highest BCUT2D eigenvalue weighted by Gasteiger charge is 2.33. The first kappa shape index (κ1) is 20.5. The number of piperidine rings is 1. The molecule has 9 heteroatoms. The first-order valence-electron chi connectivity index (χ1n) is 8.32. The fourth-order valence-electron chi connectivity index (χ4n) is 3.10. The lowest BCUT2D eigenvalue weighted by atomic mass is 9.93. The van der Waals surface area contributed by atoms with Crippen LogP contribution in [0.1, 0.15) is 31.2 Å². The van der Waals surface area contributed by atoms with Crippen LogP contribution in [-0.2, 0) is 15.8 Å². The lowest BCUT2D eigenvalue weighted by Gasteiger charge is -2.32. The summed E-state index contributed by atoms with van der Waals surface area (Å²) in [7, 11) is 0. The number of hydrogen-bond acceptors (Lipinski definition) is 3. The largest absolute Gasteiger partial charge is 0.417 e. The van der Waals surface area contributed by atoms with Crippen LogP contribution in [0.3, 0.4) is 0 Å². The molecule has 1 atom stereocenters. The standard InChI is InChI=1S/C17H21ClF3N3O2/c18-14-5-4-12(8-13(14)17(19,20)21)23-16(26)10-24-7-1-2-11(9-24)3-6-15(22)25/h4-5,8,11H,1-3,6-7,9-10H2,(H2,22,25)(H,23,26). The molecular weight excluding hydrogens is 371 g/mol. The summed E-state index contributed by atoms with van der Waals surface area (Å²) in [5.41, 5.74) is 4.22. The number of carbonyl (C=O) groups is 2. The number of hydrogen-bond donors (Lipinski definition) is 2. The van der Waals surface area contributed by atoms with Crippen molar-refractivity contribution in [3.63, 3.8) is 0 Å². The topological polar surface area (TPSA) is 75.4 Å². The molecule has 144 valence electrons. The average Bonchev–Trinajstić information content (AvgIpc) is 2.54. The van der Waals surface area contributed by atoms with Crippen LogP contribution in [0, 0.1) is 5.92 Å². The molecule has 1 saturated heterocycles. The molecule has 1 aromatic rings. The molecule has 0 spiro atoms. The number of nitrogens with one attached hydrogen (secondary N) is 1. The Morgan fingerprint density at radius 1 is 1.35 bits per heavy atom. The van der Waals surface area contributed by atoms with Crippen molar-refractivity contribution in [2.24, 2.45) is 11.7 Å². The number of nitrogens with two attached hydrogens (primary N) is 1. The molecule has 1 unspecified atom stereocenters. The van der Waals surface area contributed by atoms with E-state index >= 15 is 0 Å². The highest BCUT2D eigenvalue weighted by molar-refractivity contribution is 6.31. The lowest BCUT2D eigenvalue weighted by Crippen LogP contribution is -2.40. The summed E-state index contributed by atoms with van der Waals surface area (Å²) in [6, 6.07) is 3.27. The predicted octanol–water partition coefficient (Wildman–Crippen LogP) is 3.27. The number of amides is 2. The van der Waals surface area contributed by atoms with E-state index in [1.54, 1.807) is 0 Å². The van der Waals surface area contributed by atoms with Gasteiger partial charge in [0.1, 0.15) is 0 Å².